The predicted molar refractivity (Wildman–Crippen MR) is 161 cm³/mol. The molecular weight excluding hydrogens is 462 g/mol. The quantitative estimate of drug-likeness (QED) is 0.324. The number of nitrogens with one attached hydrogen (secondary N) is 1. The lowest BCUT2D eigenvalue weighted by Crippen LogP contribution is -2.31. The number of likely N-dealkylation sites (tertiary alicyclic amines) is 1. The Morgan fingerprint density at radius 3 is 2.47 bits per heavy atom. The van der Waals surface area contributed by atoms with Gasteiger partial charge in [0.2, 0.25) is 0 Å². The molecule has 0 spiro atoms. The Morgan fingerprint density at radius 2 is 1.82 bits per heavy atom. The van der Waals surface area contributed by atoms with Gasteiger partial charge in [0.25, 0.3) is 0 Å². The molecule has 1 saturated heterocycles. The number of nitrogens with zero attached hydrogens (tertiary/aromatic N) is 2. The van der Waals surface area contributed by atoms with Crippen LogP contribution in [-0.4, -0.2) is 28.0 Å². The van der Waals surface area contributed by atoms with E-state index in [-0.39, 0.29) is 0 Å². The third kappa shape index (κ3) is 5.27. The third-order valence-electron chi connectivity index (χ3n) is 9.37. The highest BCUT2D eigenvalue weighted by Gasteiger charge is 2.25. The first-order chi connectivity index (χ1) is 18.4. The second-order valence-electron chi connectivity index (χ2n) is 11.8. The first-order valence-corrected chi connectivity index (χ1v) is 14.9. The van der Waals surface area contributed by atoms with Crippen molar-refractivity contribution >= 4 is 5.70 Å². The fraction of sp³-hybridized carbons (Fsp3) is 0.486. The highest BCUT2D eigenvalue weighted by Crippen LogP contribution is 2.36. The van der Waals surface area contributed by atoms with E-state index in [9.17, 15) is 0 Å². The van der Waals surface area contributed by atoms with E-state index in [1.54, 1.807) is 0 Å². The lowest BCUT2D eigenvalue weighted by molar-refractivity contribution is 0.299. The molecule has 0 bridgehead atoms. The van der Waals surface area contributed by atoms with E-state index in [2.05, 4.69) is 93.2 Å². The van der Waals surface area contributed by atoms with Gasteiger partial charge in [0.15, 0.2) is 0 Å². The maximum Gasteiger partial charge on any atom is 0.138 e. The molecule has 3 aromatic rings. The minimum atomic E-state index is 0.624. The van der Waals surface area contributed by atoms with Gasteiger partial charge in [0.05, 0.1) is 11.4 Å². The zero-order valence-electron chi connectivity index (χ0n) is 24.2. The van der Waals surface area contributed by atoms with Gasteiger partial charge < -0.3 is 9.88 Å². The Bertz CT molecular complexity index is 1310. The van der Waals surface area contributed by atoms with Crippen LogP contribution in [0.15, 0.2) is 48.7 Å². The highest BCUT2D eigenvalue weighted by atomic mass is 15.1. The molecule has 2 aromatic carbocycles. The monoisotopic (exact) mass is 507 g/mol. The van der Waals surface area contributed by atoms with E-state index in [1.165, 1.54) is 64.0 Å². The van der Waals surface area contributed by atoms with Gasteiger partial charge in [-0.1, -0.05) is 64.1 Å². The lowest BCUT2D eigenvalue weighted by atomic mass is 9.87. The summed E-state index contributed by atoms with van der Waals surface area (Å²) in [7, 11) is 0. The number of fused-ring (bicyclic) bond motifs is 1. The van der Waals surface area contributed by atoms with Crippen LogP contribution in [0.25, 0.3) is 17.1 Å². The molecule has 1 aliphatic heterocycles. The molecule has 1 N–H and O–H groups in total. The number of aryl methyl sites for hydroxylation is 3. The Labute approximate surface area is 230 Å². The molecular formula is C35H45N3. The zero-order chi connectivity index (χ0) is 26.8. The summed E-state index contributed by atoms with van der Waals surface area (Å²) >= 11 is 0. The summed E-state index contributed by atoms with van der Waals surface area (Å²) in [6.45, 7) is 17.5. The van der Waals surface area contributed by atoms with Crippen LogP contribution in [0.5, 0.6) is 0 Å². The maximum absolute atomic E-state index is 5.07. The average Bonchev–Trinajstić information content (AvgIpc) is 3.37. The van der Waals surface area contributed by atoms with E-state index < -0.39 is 0 Å². The van der Waals surface area contributed by atoms with Gasteiger partial charge in [-0.25, -0.2) is 4.98 Å². The number of hydrogen-bond acceptors (Lipinski definition) is 2. The summed E-state index contributed by atoms with van der Waals surface area (Å²) in [6, 6.07) is 14.1. The van der Waals surface area contributed by atoms with Crippen molar-refractivity contribution in [3.63, 3.8) is 0 Å². The number of H-pyrrole nitrogens is 1. The van der Waals surface area contributed by atoms with Crippen LogP contribution in [-0.2, 0) is 12.8 Å². The largest absolute Gasteiger partial charge is 0.365 e. The van der Waals surface area contributed by atoms with Crippen LogP contribution in [0.4, 0.5) is 0 Å². The van der Waals surface area contributed by atoms with E-state index in [0.29, 0.717) is 11.8 Å². The van der Waals surface area contributed by atoms with Gasteiger partial charge in [-0.05, 0) is 98.4 Å². The van der Waals surface area contributed by atoms with Gasteiger partial charge in [-0.15, -0.1) is 5.73 Å². The Hall–Kier alpha value is -3.03. The van der Waals surface area contributed by atoms with Gasteiger partial charge >= 0.3 is 0 Å². The molecule has 0 amide bonds. The van der Waals surface area contributed by atoms with Gasteiger partial charge in [-0.2, -0.15) is 0 Å². The fourth-order valence-electron chi connectivity index (χ4n) is 6.54. The third-order valence-corrected chi connectivity index (χ3v) is 9.37. The summed E-state index contributed by atoms with van der Waals surface area (Å²) in [5.41, 5.74) is 15.0. The summed E-state index contributed by atoms with van der Waals surface area (Å²) in [5.74, 6) is 3.06. The van der Waals surface area contributed by atoms with E-state index in [4.69, 9.17) is 4.98 Å². The van der Waals surface area contributed by atoms with Gasteiger partial charge in [0, 0.05) is 29.9 Å². The molecule has 2 atom stereocenters. The molecule has 1 aromatic heterocycles. The van der Waals surface area contributed by atoms with Crippen molar-refractivity contribution in [3.8, 4) is 11.4 Å². The van der Waals surface area contributed by atoms with Crippen molar-refractivity contribution in [3.05, 3.63) is 87.9 Å². The molecule has 1 aliphatic carbocycles. The van der Waals surface area contributed by atoms with Crippen molar-refractivity contribution in [2.75, 3.05) is 13.1 Å². The molecule has 3 nitrogen and oxygen atoms in total. The number of rotatable bonds is 7. The summed E-state index contributed by atoms with van der Waals surface area (Å²) < 4.78 is 0. The normalized spacial score (nSPS) is 18.7. The minimum Gasteiger partial charge on any atom is -0.365 e. The first kappa shape index (κ1) is 26.6. The van der Waals surface area contributed by atoms with E-state index in [1.807, 2.05) is 0 Å². The molecule has 5 rings (SSSR count). The maximum atomic E-state index is 5.07. The Kier molecular flexibility index (Phi) is 7.96. The fourth-order valence-corrected chi connectivity index (χ4v) is 6.54. The second-order valence-corrected chi connectivity index (χ2v) is 11.8. The lowest BCUT2D eigenvalue weighted by Gasteiger charge is -2.35. The SMILES string of the molecule is C=C=C(c1cc(-c2nc3c([nH]2)CC(CC)CC3)c(C)cc1C)N1CCC(c2ccc(C(C)CC)cc2)CC1. The number of aromatic amines is 1. The van der Waals surface area contributed by atoms with E-state index in [0.717, 1.165) is 56.2 Å². The van der Waals surface area contributed by atoms with Crippen molar-refractivity contribution in [2.24, 2.45) is 5.92 Å². The molecule has 0 radical (unpaired) electrons. The summed E-state index contributed by atoms with van der Waals surface area (Å²) in [5, 5.41) is 0. The first-order valence-electron chi connectivity index (χ1n) is 14.9. The number of piperidine rings is 1. The van der Waals surface area contributed by atoms with Crippen LogP contribution in [0.1, 0.15) is 104 Å². The van der Waals surface area contributed by atoms with Crippen molar-refractivity contribution in [1.29, 1.82) is 0 Å². The predicted octanol–water partition coefficient (Wildman–Crippen LogP) is 8.73. The average molecular weight is 508 g/mol. The molecule has 3 heteroatoms. The van der Waals surface area contributed by atoms with Crippen LogP contribution >= 0.6 is 0 Å². The molecule has 2 heterocycles. The van der Waals surface area contributed by atoms with Crippen LogP contribution < -0.4 is 0 Å². The molecule has 1 fully saturated rings. The number of aromatic nitrogens is 2. The van der Waals surface area contributed by atoms with Crippen molar-refractivity contribution < 1.29 is 0 Å². The van der Waals surface area contributed by atoms with Crippen molar-refractivity contribution in [2.45, 2.75) is 91.4 Å². The molecule has 200 valence electrons. The number of benzene rings is 2. The number of imidazole rings is 1. The summed E-state index contributed by atoms with van der Waals surface area (Å²) in [6.07, 6.45) is 8.24. The van der Waals surface area contributed by atoms with Gasteiger partial charge in [-0.3, -0.25) is 0 Å². The number of hydrogen-bond donors (Lipinski definition) is 1. The minimum absolute atomic E-state index is 0.624. The summed E-state index contributed by atoms with van der Waals surface area (Å²) in [4.78, 5) is 11.3. The Morgan fingerprint density at radius 1 is 1.08 bits per heavy atom. The van der Waals surface area contributed by atoms with Gasteiger partial charge in [0.1, 0.15) is 5.82 Å². The molecule has 38 heavy (non-hydrogen) atoms. The van der Waals surface area contributed by atoms with Crippen molar-refractivity contribution in [1.82, 2.24) is 14.9 Å². The topological polar surface area (TPSA) is 31.9 Å². The second kappa shape index (κ2) is 11.4. The zero-order valence-corrected chi connectivity index (χ0v) is 24.2. The standard InChI is InChI=1S/C35H45N3/c1-7-23(4)27-11-13-28(14-12-27)29-16-18-38(19-17-29)34(9-3)30-22-31(25(6)20-24(30)5)35-36-32-15-10-26(8-2)21-33(32)37-35/h11-14,20,22-23,26,29H,3,7-8,10,15-19,21H2,1-2,4-6H3,(H,36,37). The van der Waals surface area contributed by atoms with Crippen LogP contribution in [0.3, 0.4) is 0 Å². The Balaban J connectivity index is 1.34. The molecule has 0 saturated carbocycles. The van der Waals surface area contributed by atoms with Crippen LogP contribution in [0.2, 0.25) is 0 Å². The molecule has 2 aliphatic rings. The van der Waals surface area contributed by atoms with E-state index >= 15 is 0 Å². The smallest absolute Gasteiger partial charge is 0.138 e. The molecule has 2 unspecified atom stereocenters. The highest BCUT2D eigenvalue weighted by molar-refractivity contribution is 5.74. The van der Waals surface area contributed by atoms with Crippen LogP contribution in [0, 0.1) is 19.8 Å².